The number of pyridine rings is 1. The van der Waals surface area contributed by atoms with Crippen molar-refractivity contribution in [3.05, 3.63) is 77.9 Å². The monoisotopic (exact) mass is 466 g/mol. The second-order valence-electron chi connectivity index (χ2n) is 6.72. The molecule has 9 heteroatoms. The summed E-state index contributed by atoms with van der Waals surface area (Å²) >= 11 is 7.96. The maximum atomic E-state index is 12.3. The van der Waals surface area contributed by atoms with Crippen molar-refractivity contribution < 1.29 is 14.1 Å². The number of hydrogen-bond acceptors (Lipinski definition) is 7. The van der Waals surface area contributed by atoms with E-state index in [1.165, 1.54) is 11.8 Å². The Bertz CT molecular complexity index is 1200. The highest BCUT2D eigenvalue weighted by Gasteiger charge is 2.12. The molecule has 2 aromatic heterocycles. The Morgan fingerprint density at radius 3 is 2.62 bits per heavy atom. The van der Waals surface area contributed by atoms with Gasteiger partial charge in [-0.1, -0.05) is 28.5 Å². The molecule has 4 rings (SSSR count). The fourth-order valence-corrected chi connectivity index (χ4v) is 3.97. The van der Waals surface area contributed by atoms with E-state index in [1.807, 2.05) is 36.4 Å². The van der Waals surface area contributed by atoms with Gasteiger partial charge in [-0.25, -0.2) is 0 Å². The van der Waals surface area contributed by atoms with Crippen LogP contribution in [0.3, 0.4) is 0 Å². The smallest absolute Gasteiger partial charge is 0.227 e. The number of benzene rings is 2. The zero-order chi connectivity index (χ0) is 22.3. The van der Waals surface area contributed by atoms with Crippen molar-refractivity contribution in [3.63, 3.8) is 0 Å². The molecule has 0 bridgehead atoms. The van der Waals surface area contributed by atoms with Gasteiger partial charge in [0.05, 0.1) is 12.1 Å². The molecule has 1 N–H and O–H groups in total. The summed E-state index contributed by atoms with van der Waals surface area (Å²) in [5, 5.41) is 7.35. The van der Waals surface area contributed by atoms with Crippen LogP contribution in [0.4, 0.5) is 5.69 Å². The van der Waals surface area contributed by atoms with Crippen LogP contribution in [0.2, 0.25) is 5.02 Å². The zero-order valence-electron chi connectivity index (χ0n) is 17.1. The summed E-state index contributed by atoms with van der Waals surface area (Å²) in [5.74, 6) is 1.50. The van der Waals surface area contributed by atoms with Crippen molar-refractivity contribution >= 4 is 35.0 Å². The van der Waals surface area contributed by atoms with Crippen LogP contribution in [0.5, 0.6) is 5.75 Å². The lowest BCUT2D eigenvalue weighted by molar-refractivity contribution is -0.116. The number of halogens is 1. The van der Waals surface area contributed by atoms with Crippen molar-refractivity contribution in [3.8, 4) is 17.1 Å². The standard InChI is InChI=1S/C23H19ClN4O3S/c1-30-17-3-5-18(6-4-17)32-20-7-2-16(14-19(20)24)26-21(29)8-9-22-27-23(28-31-22)15-10-12-25-13-11-15/h2-7,10-14H,8-9H2,1H3,(H,26,29). The first-order valence-corrected chi connectivity index (χ1v) is 10.9. The number of anilines is 1. The normalized spacial score (nSPS) is 10.7. The van der Waals surface area contributed by atoms with Crippen LogP contribution >= 0.6 is 23.4 Å². The van der Waals surface area contributed by atoms with Gasteiger partial charge in [0.15, 0.2) is 0 Å². The molecule has 0 atom stereocenters. The van der Waals surface area contributed by atoms with E-state index >= 15 is 0 Å². The summed E-state index contributed by atoms with van der Waals surface area (Å²) in [6.45, 7) is 0. The lowest BCUT2D eigenvalue weighted by Gasteiger charge is -2.09. The number of nitrogens with one attached hydrogen (secondary N) is 1. The summed E-state index contributed by atoms with van der Waals surface area (Å²) < 4.78 is 10.4. The molecule has 2 heterocycles. The number of carbonyl (C=O) groups excluding carboxylic acids is 1. The van der Waals surface area contributed by atoms with Gasteiger partial charge < -0.3 is 14.6 Å². The summed E-state index contributed by atoms with van der Waals surface area (Å²) in [5.41, 5.74) is 1.43. The maximum absolute atomic E-state index is 12.3. The predicted molar refractivity (Wildman–Crippen MR) is 123 cm³/mol. The molecule has 2 aromatic carbocycles. The number of nitrogens with zero attached hydrogens (tertiary/aromatic N) is 3. The Balaban J connectivity index is 1.31. The van der Waals surface area contributed by atoms with E-state index in [2.05, 4.69) is 20.4 Å². The first-order valence-electron chi connectivity index (χ1n) is 9.75. The van der Waals surface area contributed by atoms with Crippen molar-refractivity contribution in [2.45, 2.75) is 22.6 Å². The van der Waals surface area contributed by atoms with Crippen molar-refractivity contribution in [1.29, 1.82) is 0 Å². The topological polar surface area (TPSA) is 90.1 Å². The van der Waals surface area contributed by atoms with Crippen molar-refractivity contribution in [2.24, 2.45) is 0 Å². The third-order valence-electron chi connectivity index (χ3n) is 4.48. The fourth-order valence-electron chi connectivity index (χ4n) is 2.85. The molecule has 0 spiro atoms. The minimum absolute atomic E-state index is 0.166. The molecule has 0 fully saturated rings. The first-order chi connectivity index (χ1) is 15.6. The Morgan fingerprint density at radius 2 is 1.91 bits per heavy atom. The average molecular weight is 467 g/mol. The summed E-state index contributed by atoms with van der Waals surface area (Å²) in [6, 6.07) is 16.8. The molecule has 7 nitrogen and oxygen atoms in total. The van der Waals surface area contributed by atoms with Gasteiger partial charge in [0.1, 0.15) is 5.75 Å². The lowest BCUT2D eigenvalue weighted by atomic mass is 10.2. The van der Waals surface area contributed by atoms with Crippen LogP contribution in [0.1, 0.15) is 12.3 Å². The number of aryl methyl sites for hydroxylation is 1. The van der Waals surface area contributed by atoms with Crippen LogP contribution in [0, 0.1) is 0 Å². The van der Waals surface area contributed by atoms with E-state index in [9.17, 15) is 4.79 Å². The molecule has 0 aliphatic rings. The van der Waals surface area contributed by atoms with Crippen LogP contribution in [0.25, 0.3) is 11.4 Å². The molecule has 4 aromatic rings. The van der Waals surface area contributed by atoms with Crippen molar-refractivity contribution in [1.82, 2.24) is 15.1 Å². The fraction of sp³-hybridized carbons (Fsp3) is 0.130. The van der Waals surface area contributed by atoms with E-state index in [-0.39, 0.29) is 12.3 Å². The number of aromatic nitrogens is 3. The molecular formula is C23H19ClN4O3S. The Morgan fingerprint density at radius 1 is 1.12 bits per heavy atom. The molecular weight excluding hydrogens is 448 g/mol. The SMILES string of the molecule is COc1ccc(Sc2ccc(NC(=O)CCc3nc(-c4ccncc4)no3)cc2Cl)cc1. The highest BCUT2D eigenvalue weighted by Crippen LogP contribution is 2.35. The molecule has 0 aliphatic carbocycles. The lowest BCUT2D eigenvalue weighted by Crippen LogP contribution is -2.12. The van der Waals surface area contributed by atoms with Gasteiger partial charge in [0.25, 0.3) is 0 Å². The molecule has 0 saturated carbocycles. The highest BCUT2D eigenvalue weighted by molar-refractivity contribution is 7.99. The zero-order valence-corrected chi connectivity index (χ0v) is 18.7. The first kappa shape index (κ1) is 21.9. The van der Waals surface area contributed by atoms with Gasteiger partial charge in [-0.2, -0.15) is 4.98 Å². The van der Waals surface area contributed by atoms with Crippen LogP contribution in [0.15, 0.2) is 81.3 Å². The molecule has 0 aliphatic heterocycles. The second kappa shape index (κ2) is 10.3. The highest BCUT2D eigenvalue weighted by atomic mass is 35.5. The van der Waals surface area contributed by atoms with Crippen LogP contribution in [-0.4, -0.2) is 28.1 Å². The maximum Gasteiger partial charge on any atom is 0.227 e. The Hall–Kier alpha value is -3.36. The third kappa shape index (κ3) is 5.66. The number of ether oxygens (including phenoxy) is 1. The molecule has 162 valence electrons. The minimum atomic E-state index is -0.166. The minimum Gasteiger partial charge on any atom is -0.497 e. The van der Waals surface area contributed by atoms with Gasteiger partial charge in [0, 0.05) is 46.3 Å². The average Bonchev–Trinajstić information content (AvgIpc) is 3.30. The Kier molecular flexibility index (Phi) is 7.03. The van der Waals surface area contributed by atoms with Gasteiger partial charge >= 0.3 is 0 Å². The van der Waals surface area contributed by atoms with Gasteiger partial charge in [-0.3, -0.25) is 9.78 Å². The summed E-state index contributed by atoms with van der Waals surface area (Å²) in [7, 11) is 1.63. The van der Waals surface area contributed by atoms with E-state index in [4.69, 9.17) is 20.9 Å². The molecule has 32 heavy (non-hydrogen) atoms. The number of rotatable bonds is 8. The number of carbonyl (C=O) groups is 1. The second-order valence-corrected chi connectivity index (χ2v) is 8.24. The molecule has 0 saturated heterocycles. The van der Waals surface area contributed by atoms with Crippen LogP contribution < -0.4 is 10.1 Å². The van der Waals surface area contributed by atoms with E-state index < -0.39 is 0 Å². The largest absolute Gasteiger partial charge is 0.497 e. The molecule has 0 radical (unpaired) electrons. The quantitative estimate of drug-likeness (QED) is 0.365. The van der Waals surface area contributed by atoms with Crippen molar-refractivity contribution in [2.75, 3.05) is 12.4 Å². The molecule has 0 unspecified atom stereocenters. The van der Waals surface area contributed by atoms with Gasteiger partial charge in [-0.05, 0) is 54.6 Å². The van der Waals surface area contributed by atoms with E-state index in [1.54, 1.807) is 37.7 Å². The van der Waals surface area contributed by atoms with E-state index in [0.717, 1.165) is 21.1 Å². The molecule has 1 amide bonds. The number of amides is 1. The third-order valence-corrected chi connectivity index (χ3v) is 5.98. The summed E-state index contributed by atoms with van der Waals surface area (Å²) in [4.78, 5) is 22.6. The van der Waals surface area contributed by atoms with Gasteiger partial charge in [-0.15, -0.1) is 0 Å². The number of hydrogen-bond donors (Lipinski definition) is 1. The Labute approximate surface area is 194 Å². The van der Waals surface area contributed by atoms with Gasteiger partial charge in [0.2, 0.25) is 17.6 Å². The predicted octanol–water partition coefficient (Wildman–Crippen LogP) is 5.52. The summed E-state index contributed by atoms with van der Waals surface area (Å²) in [6.07, 6.45) is 3.86. The van der Waals surface area contributed by atoms with Crippen LogP contribution in [-0.2, 0) is 11.2 Å². The van der Waals surface area contributed by atoms with E-state index in [0.29, 0.717) is 28.8 Å². The number of methoxy groups -OCH3 is 1.